The van der Waals surface area contributed by atoms with Gasteiger partial charge in [-0.2, -0.15) is 0 Å². The predicted octanol–water partition coefficient (Wildman–Crippen LogP) is 3.16. The van der Waals surface area contributed by atoms with E-state index in [1.165, 1.54) is 6.21 Å². The van der Waals surface area contributed by atoms with Crippen LogP contribution in [0.5, 0.6) is 5.75 Å². The van der Waals surface area contributed by atoms with Crippen LogP contribution in [0.1, 0.15) is 15.9 Å². The van der Waals surface area contributed by atoms with Crippen molar-refractivity contribution in [1.82, 2.24) is 0 Å². The van der Waals surface area contributed by atoms with Crippen LogP contribution in [0, 0.1) is 0 Å². The molecule has 1 heterocycles. The standard InChI is InChI=1S/C15H11NO2/c17-13-9-16-12-7-4-8-14(15(12)13)18-10-11-5-2-1-3-6-11/h1-9H,10H2. The first-order valence-electron chi connectivity index (χ1n) is 5.73. The fraction of sp³-hybridized carbons (Fsp3) is 0.0667. The molecule has 0 amide bonds. The lowest BCUT2D eigenvalue weighted by Gasteiger charge is -2.09. The van der Waals surface area contributed by atoms with E-state index >= 15 is 0 Å². The molecule has 0 atom stereocenters. The molecule has 0 aliphatic carbocycles. The van der Waals surface area contributed by atoms with Gasteiger partial charge in [-0.15, -0.1) is 0 Å². The Hall–Kier alpha value is -2.42. The summed E-state index contributed by atoms with van der Waals surface area (Å²) in [7, 11) is 0. The minimum Gasteiger partial charge on any atom is -0.488 e. The van der Waals surface area contributed by atoms with Gasteiger partial charge < -0.3 is 4.74 Å². The molecule has 0 spiro atoms. The number of Topliss-reactive ketones (excluding diaryl/α,β-unsaturated/α-hetero) is 1. The van der Waals surface area contributed by atoms with Crippen LogP contribution in [-0.4, -0.2) is 12.0 Å². The van der Waals surface area contributed by atoms with Crippen molar-refractivity contribution in [3.05, 3.63) is 59.7 Å². The first kappa shape index (κ1) is 10.7. The molecule has 2 aromatic rings. The lowest BCUT2D eigenvalue weighted by atomic mass is 10.1. The number of rotatable bonds is 3. The number of nitrogens with zero attached hydrogens (tertiary/aromatic N) is 1. The Morgan fingerprint density at radius 3 is 2.67 bits per heavy atom. The van der Waals surface area contributed by atoms with Crippen molar-refractivity contribution < 1.29 is 9.53 Å². The van der Waals surface area contributed by atoms with Gasteiger partial charge in [-0.25, -0.2) is 0 Å². The summed E-state index contributed by atoms with van der Waals surface area (Å²) >= 11 is 0. The summed E-state index contributed by atoms with van der Waals surface area (Å²) in [5.41, 5.74) is 2.32. The number of ether oxygens (including phenoxy) is 1. The zero-order valence-electron chi connectivity index (χ0n) is 9.67. The van der Waals surface area contributed by atoms with Gasteiger partial charge in [0.2, 0.25) is 5.78 Å². The Kier molecular flexibility index (Phi) is 2.65. The van der Waals surface area contributed by atoms with Gasteiger partial charge >= 0.3 is 0 Å². The number of aliphatic imine (C=N–C) groups is 1. The van der Waals surface area contributed by atoms with Crippen molar-refractivity contribution in [2.75, 3.05) is 0 Å². The summed E-state index contributed by atoms with van der Waals surface area (Å²) in [5, 5.41) is 0. The molecule has 0 radical (unpaired) electrons. The largest absolute Gasteiger partial charge is 0.488 e. The molecule has 1 aliphatic rings. The van der Waals surface area contributed by atoms with Gasteiger partial charge in [-0.1, -0.05) is 36.4 Å². The number of hydrogen-bond acceptors (Lipinski definition) is 3. The molecular weight excluding hydrogens is 226 g/mol. The van der Waals surface area contributed by atoms with E-state index in [2.05, 4.69) is 4.99 Å². The van der Waals surface area contributed by atoms with Crippen LogP contribution in [0.4, 0.5) is 5.69 Å². The van der Waals surface area contributed by atoms with E-state index in [1.54, 1.807) is 6.07 Å². The third kappa shape index (κ3) is 1.91. The number of fused-ring (bicyclic) bond motifs is 1. The molecule has 0 unspecified atom stereocenters. The predicted molar refractivity (Wildman–Crippen MR) is 69.7 cm³/mol. The van der Waals surface area contributed by atoms with E-state index in [-0.39, 0.29) is 5.78 Å². The fourth-order valence-electron chi connectivity index (χ4n) is 1.92. The van der Waals surface area contributed by atoms with E-state index in [0.717, 1.165) is 5.56 Å². The van der Waals surface area contributed by atoms with E-state index in [4.69, 9.17) is 4.74 Å². The monoisotopic (exact) mass is 237 g/mol. The molecule has 1 aliphatic heterocycles. The molecule has 0 bridgehead atoms. The third-order valence-corrected chi connectivity index (χ3v) is 2.81. The van der Waals surface area contributed by atoms with Crippen LogP contribution >= 0.6 is 0 Å². The highest BCUT2D eigenvalue weighted by molar-refractivity contribution is 6.40. The van der Waals surface area contributed by atoms with E-state index in [9.17, 15) is 4.79 Å². The van der Waals surface area contributed by atoms with Gasteiger partial charge in [0.25, 0.3) is 0 Å². The number of ketones is 1. The highest BCUT2D eigenvalue weighted by Gasteiger charge is 2.20. The summed E-state index contributed by atoms with van der Waals surface area (Å²) in [5.74, 6) is 0.507. The molecule has 2 aromatic carbocycles. The van der Waals surface area contributed by atoms with Crippen LogP contribution in [-0.2, 0) is 6.61 Å². The molecule has 18 heavy (non-hydrogen) atoms. The Bertz CT molecular complexity index is 618. The van der Waals surface area contributed by atoms with Crippen LogP contribution in [0.15, 0.2) is 53.5 Å². The quantitative estimate of drug-likeness (QED) is 0.822. The number of hydrogen-bond donors (Lipinski definition) is 0. The molecular formula is C15H11NO2. The maximum Gasteiger partial charge on any atom is 0.209 e. The van der Waals surface area contributed by atoms with Crippen molar-refractivity contribution in [2.45, 2.75) is 6.61 Å². The van der Waals surface area contributed by atoms with Gasteiger partial charge in [0.1, 0.15) is 12.4 Å². The normalized spacial score (nSPS) is 12.6. The Morgan fingerprint density at radius 2 is 1.83 bits per heavy atom. The van der Waals surface area contributed by atoms with Crippen LogP contribution in [0.25, 0.3) is 0 Å². The molecule has 0 saturated carbocycles. The SMILES string of the molecule is O=C1C=Nc2cccc(OCc3ccccc3)c21. The summed E-state index contributed by atoms with van der Waals surface area (Å²) in [6.07, 6.45) is 1.33. The average molecular weight is 237 g/mol. The van der Waals surface area contributed by atoms with Crippen LogP contribution < -0.4 is 4.74 Å². The Morgan fingerprint density at radius 1 is 1.00 bits per heavy atom. The fourth-order valence-corrected chi connectivity index (χ4v) is 1.92. The van der Waals surface area contributed by atoms with Gasteiger partial charge in [0.05, 0.1) is 17.5 Å². The van der Waals surface area contributed by atoms with Gasteiger partial charge in [0.15, 0.2) is 0 Å². The zero-order valence-corrected chi connectivity index (χ0v) is 9.67. The lowest BCUT2D eigenvalue weighted by molar-refractivity contribution is 0.107. The third-order valence-electron chi connectivity index (χ3n) is 2.81. The Balaban J connectivity index is 1.83. The van der Waals surface area contributed by atoms with Gasteiger partial charge in [-0.3, -0.25) is 9.79 Å². The van der Waals surface area contributed by atoms with Gasteiger partial charge in [-0.05, 0) is 17.7 Å². The number of carbonyl (C=O) groups is 1. The lowest BCUT2D eigenvalue weighted by Crippen LogP contribution is -2.01. The molecule has 0 aromatic heterocycles. The van der Waals surface area contributed by atoms with Crippen molar-refractivity contribution >= 4 is 17.7 Å². The number of benzene rings is 2. The molecule has 0 N–H and O–H groups in total. The van der Waals surface area contributed by atoms with Crippen molar-refractivity contribution in [3.8, 4) is 5.75 Å². The van der Waals surface area contributed by atoms with Gasteiger partial charge in [0, 0.05) is 0 Å². The second-order valence-electron chi connectivity index (χ2n) is 4.05. The first-order valence-corrected chi connectivity index (χ1v) is 5.73. The highest BCUT2D eigenvalue weighted by Crippen LogP contribution is 2.32. The van der Waals surface area contributed by atoms with Crippen molar-refractivity contribution in [3.63, 3.8) is 0 Å². The molecule has 3 heteroatoms. The van der Waals surface area contributed by atoms with Crippen molar-refractivity contribution in [2.24, 2.45) is 4.99 Å². The molecule has 3 rings (SSSR count). The molecule has 0 saturated heterocycles. The van der Waals surface area contributed by atoms with Crippen molar-refractivity contribution in [1.29, 1.82) is 0 Å². The minimum absolute atomic E-state index is 0.0892. The first-order chi connectivity index (χ1) is 8.84. The zero-order chi connectivity index (χ0) is 12.4. The summed E-state index contributed by atoms with van der Waals surface area (Å²) in [4.78, 5) is 15.7. The van der Waals surface area contributed by atoms with E-state index < -0.39 is 0 Å². The average Bonchev–Trinajstić information content (AvgIpc) is 2.80. The smallest absolute Gasteiger partial charge is 0.209 e. The van der Waals surface area contributed by atoms with E-state index in [1.807, 2.05) is 42.5 Å². The molecule has 3 nitrogen and oxygen atoms in total. The second-order valence-corrected chi connectivity index (χ2v) is 4.05. The second kappa shape index (κ2) is 4.45. The van der Waals surface area contributed by atoms with E-state index in [0.29, 0.717) is 23.6 Å². The highest BCUT2D eigenvalue weighted by atomic mass is 16.5. The van der Waals surface area contributed by atoms with Crippen LogP contribution in [0.2, 0.25) is 0 Å². The molecule has 88 valence electrons. The Labute approximate surface area is 105 Å². The topological polar surface area (TPSA) is 38.7 Å². The maximum atomic E-state index is 11.7. The minimum atomic E-state index is -0.0892. The summed E-state index contributed by atoms with van der Waals surface area (Å²) in [6, 6.07) is 15.3. The summed E-state index contributed by atoms with van der Waals surface area (Å²) < 4.78 is 5.70. The van der Waals surface area contributed by atoms with Crippen LogP contribution in [0.3, 0.4) is 0 Å². The molecule has 0 fully saturated rings. The maximum absolute atomic E-state index is 11.7. The summed E-state index contributed by atoms with van der Waals surface area (Å²) in [6.45, 7) is 0.449. The number of carbonyl (C=O) groups excluding carboxylic acids is 1.